The quantitative estimate of drug-likeness (QED) is 0.482. The second kappa shape index (κ2) is 6.58. The minimum absolute atomic E-state index is 0.0654. The second-order valence-electron chi connectivity index (χ2n) is 4.20. The van der Waals surface area contributed by atoms with Crippen LogP contribution >= 0.6 is 0 Å². The van der Waals surface area contributed by atoms with Crippen LogP contribution in [0.2, 0.25) is 0 Å². The summed E-state index contributed by atoms with van der Waals surface area (Å²) in [4.78, 5) is 23.0. The van der Waals surface area contributed by atoms with Gasteiger partial charge < -0.3 is 14.2 Å². The van der Waals surface area contributed by atoms with Crippen molar-refractivity contribution in [2.24, 2.45) is 0 Å². The summed E-state index contributed by atoms with van der Waals surface area (Å²) >= 11 is 0. The van der Waals surface area contributed by atoms with Crippen molar-refractivity contribution in [3.63, 3.8) is 0 Å². The molecule has 2 rings (SSSR count). The number of carbonyl (C=O) groups excluding carboxylic acids is 2. The van der Waals surface area contributed by atoms with E-state index in [2.05, 4.69) is 13.2 Å². The van der Waals surface area contributed by atoms with Gasteiger partial charge in [-0.05, 0) is 0 Å². The molecule has 0 fully saturated rings. The van der Waals surface area contributed by atoms with E-state index >= 15 is 0 Å². The van der Waals surface area contributed by atoms with Crippen LogP contribution in [0, 0.1) is 0 Å². The van der Waals surface area contributed by atoms with Gasteiger partial charge in [0, 0.05) is 29.0 Å². The molecule has 0 unspecified atom stereocenters. The van der Waals surface area contributed by atoms with Crippen molar-refractivity contribution in [3.05, 3.63) is 55.6 Å². The summed E-state index contributed by atoms with van der Waals surface area (Å²) < 4.78 is 15.7. The number of esters is 2. The van der Waals surface area contributed by atoms with Gasteiger partial charge in [-0.3, -0.25) is 0 Å². The number of fused-ring (bicyclic) bond motifs is 1. The smallest absolute Gasteiger partial charge is 0.335 e. The summed E-state index contributed by atoms with van der Waals surface area (Å²) in [5, 5.41) is 1.29. The zero-order chi connectivity index (χ0) is 16.1. The van der Waals surface area contributed by atoms with Crippen LogP contribution in [0.3, 0.4) is 0 Å². The van der Waals surface area contributed by atoms with Crippen LogP contribution in [0.25, 0.3) is 10.8 Å². The normalized spacial score (nSPS) is 9.86. The molecule has 5 nitrogen and oxygen atoms in total. The maximum absolute atomic E-state index is 11.6. The van der Waals surface area contributed by atoms with E-state index in [9.17, 15) is 9.59 Å². The van der Waals surface area contributed by atoms with Crippen LogP contribution in [0.4, 0.5) is 0 Å². The number of rotatable bonds is 5. The first-order valence-electron chi connectivity index (χ1n) is 6.39. The van der Waals surface area contributed by atoms with Crippen LogP contribution < -0.4 is 14.2 Å². The van der Waals surface area contributed by atoms with Gasteiger partial charge in [0.2, 0.25) is 0 Å². The number of benzene rings is 2. The highest BCUT2D eigenvalue weighted by atomic mass is 16.6. The fourth-order valence-corrected chi connectivity index (χ4v) is 1.93. The first-order chi connectivity index (χ1) is 10.6. The lowest BCUT2D eigenvalue weighted by Crippen LogP contribution is -2.09. The number of hydrogen-bond donors (Lipinski definition) is 0. The Hall–Kier alpha value is -3.08. The average molecular weight is 298 g/mol. The minimum atomic E-state index is -0.673. The Labute approximate surface area is 127 Å². The summed E-state index contributed by atoms with van der Waals surface area (Å²) in [6.07, 6.45) is 2.04. The molecular formula is C17H14O5. The lowest BCUT2D eigenvalue weighted by molar-refractivity contribution is -0.131. The summed E-state index contributed by atoms with van der Waals surface area (Å²) in [6, 6.07) is 8.61. The van der Waals surface area contributed by atoms with Gasteiger partial charge in [0.05, 0.1) is 7.11 Å². The van der Waals surface area contributed by atoms with Crippen molar-refractivity contribution in [3.8, 4) is 17.2 Å². The van der Waals surface area contributed by atoms with E-state index in [1.807, 2.05) is 6.07 Å². The molecule has 0 amide bonds. The molecule has 0 N–H and O–H groups in total. The molecule has 0 saturated heterocycles. The number of ether oxygens (including phenoxy) is 3. The lowest BCUT2D eigenvalue weighted by Gasteiger charge is -2.14. The van der Waals surface area contributed by atoms with Crippen molar-refractivity contribution in [2.75, 3.05) is 7.11 Å². The largest absolute Gasteiger partial charge is 0.496 e. The Morgan fingerprint density at radius 3 is 2.14 bits per heavy atom. The van der Waals surface area contributed by atoms with Crippen LogP contribution in [0.1, 0.15) is 0 Å². The van der Waals surface area contributed by atoms with E-state index in [1.54, 1.807) is 18.2 Å². The Kier molecular flexibility index (Phi) is 4.58. The summed E-state index contributed by atoms with van der Waals surface area (Å²) in [5.41, 5.74) is 0. The van der Waals surface area contributed by atoms with Crippen molar-refractivity contribution in [1.82, 2.24) is 0 Å². The van der Waals surface area contributed by atoms with Crippen LogP contribution in [-0.2, 0) is 9.59 Å². The van der Waals surface area contributed by atoms with Gasteiger partial charge in [0.25, 0.3) is 0 Å². The number of methoxy groups -OCH3 is 1. The highest BCUT2D eigenvalue weighted by Gasteiger charge is 2.18. The monoisotopic (exact) mass is 298 g/mol. The minimum Gasteiger partial charge on any atom is -0.496 e. The lowest BCUT2D eigenvalue weighted by atomic mass is 10.1. The molecule has 0 radical (unpaired) electrons. The van der Waals surface area contributed by atoms with E-state index in [4.69, 9.17) is 14.2 Å². The van der Waals surface area contributed by atoms with Crippen molar-refractivity contribution in [2.45, 2.75) is 0 Å². The molecule has 22 heavy (non-hydrogen) atoms. The van der Waals surface area contributed by atoms with Gasteiger partial charge in [0.1, 0.15) is 5.75 Å². The third kappa shape index (κ3) is 2.98. The molecule has 0 spiro atoms. The standard InChI is InChI=1S/C17H14O5/c1-4-15(18)21-14-10-13(20-3)11-8-6-7-9-12(11)17(14)22-16(19)5-2/h4-10H,1-2H2,3H3. The fourth-order valence-electron chi connectivity index (χ4n) is 1.93. The topological polar surface area (TPSA) is 61.8 Å². The van der Waals surface area contributed by atoms with E-state index in [1.165, 1.54) is 13.2 Å². The molecule has 0 aromatic heterocycles. The Morgan fingerprint density at radius 1 is 0.955 bits per heavy atom. The average Bonchev–Trinajstić information content (AvgIpc) is 2.56. The molecule has 2 aromatic rings. The zero-order valence-electron chi connectivity index (χ0n) is 12.0. The Balaban J connectivity index is 2.70. The molecule has 0 bridgehead atoms. The summed E-state index contributed by atoms with van der Waals surface area (Å²) in [5.74, 6) is -0.660. The molecule has 2 aromatic carbocycles. The highest BCUT2D eigenvalue weighted by molar-refractivity contribution is 5.99. The van der Waals surface area contributed by atoms with Gasteiger partial charge >= 0.3 is 11.9 Å². The van der Waals surface area contributed by atoms with E-state index < -0.39 is 11.9 Å². The number of carbonyl (C=O) groups is 2. The molecule has 0 atom stereocenters. The van der Waals surface area contributed by atoms with E-state index in [0.717, 1.165) is 17.5 Å². The van der Waals surface area contributed by atoms with Gasteiger partial charge in [-0.1, -0.05) is 37.4 Å². The Bertz CT molecular complexity index is 761. The second-order valence-corrected chi connectivity index (χ2v) is 4.20. The van der Waals surface area contributed by atoms with E-state index in [-0.39, 0.29) is 11.5 Å². The summed E-state index contributed by atoms with van der Waals surface area (Å²) in [6.45, 7) is 6.69. The van der Waals surface area contributed by atoms with E-state index in [0.29, 0.717) is 11.1 Å². The Morgan fingerprint density at radius 2 is 1.55 bits per heavy atom. The first kappa shape index (κ1) is 15.3. The maximum atomic E-state index is 11.6. The van der Waals surface area contributed by atoms with Gasteiger partial charge in [-0.2, -0.15) is 0 Å². The van der Waals surface area contributed by atoms with Crippen molar-refractivity contribution in [1.29, 1.82) is 0 Å². The predicted octanol–water partition coefficient (Wildman–Crippen LogP) is 3.03. The molecule has 0 aliphatic carbocycles. The predicted molar refractivity (Wildman–Crippen MR) is 82.2 cm³/mol. The third-order valence-electron chi connectivity index (χ3n) is 2.89. The molecule has 0 saturated carbocycles. The summed E-state index contributed by atoms with van der Waals surface area (Å²) in [7, 11) is 1.50. The first-order valence-corrected chi connectivity index (χ1v) is 6.39. The van der Waals surface area contributed by atoms with Crippen LogP contribution in [0.5, 0.6) is 17.2 Å². The zero-order valence-corrected chi connectivity index (χ0v) is 12.0. The molecule has 112 valence electrons. The van der Waals surface area contributed by atoms with Gasteiger partial charge in [-0.15, -0.1) is 0 Å². The van der Waals surface area contributed by atoms with Crippen LogP contribution in [-0.4, -0.2) is 19.0 Å². The van der Waals surface area contributed by atoms with Crippen LogP contribution in [0.15, 0.2) is 55.6 Å². The molecular weight excluding hydrogens is 284 g/mol. The SMILES string of the molecule is C=CC(=O)Oc1cc(OC)c2ccccc2c1OC(=O)C=C. The maximum Gasteiger partial charge on any atom is 0.335 e. The third-order valence-corrected chi connectivity index (χ3v) is 2.89. The fraction of sp³-hybridized carbons (Fsp3) is 0.0588. The van der Waals surface area contributed by atoms with Gasteiger partial charge in [0.15, 0.2) is 11.5 Å². The molecule has 0 heterocycles. The van der Waals surface area contributed by atoms with Gasteiger partial charge in [-0.25, -0.2) is 9.59 Å². The molecule has 0 aliphatic rings. The van der Waals surface area contributed by atoms with Crippen molar-refractivity contribution >= 4 is 22.7 Å². The highest BCUT2D eigenvalue weighted by Crippen LogP contribution is 2.41. The number of hydrogen-bond acceptors (Lipinski definition) is 5. The van der Waals surface area contributed by atoms with Crippen molar-refractivity contribution < 1.29 is 23.8 Å². The molecule has 5 heteroatoms. The molecule has 0 aliphatic heterocycles.